The lowest BCUT2D eigenvalue weighted by molar-refractivity contribution is -0.385. The van der Waals surface area contributed by atoms with Gasteiger partial charge in [-0.3, -0.25) is 14.9 Å². The molecule has 8 heteroatoms. The standard InChI is InChI=1S/C11H11BrClNO5/c12-8-5-7(13)6-9(14(17)18)11(8)19-4-2-1-3-10(15)16/h5-6H,1-4H2,(H,15,16). The van der Waals surface area contributed by atoms with Gasteiger partial charge in [-0.25, -0.2) is 0 Å². The number of nitrogens with zero attached hydrogens (tertiary/aromatic N) is 1. The third-order valence-electron chi connectivity index (χ3n) is 2.22. The second-order valence-electron chi connectivity index (χ2n) is 3.69. The van der Waals surface area contributed by atoms with Crippen molar-refractivity contribution in [3.8, 4) is 5.75 Å². The zero-order valence-corrected chi connectivity index (χ0v) is 12.1. The molecule has 19 heavy (non-hydrogen) atoms. The van der Waals surface area contributed by atoms with Crippen molar-refractivity contribution in [3.63, 3.8) is 0 Å². The Morgan fingerprint density at radius 1 is 1.47 bits per heavy atom. The van der Waals surface area contributed by atoms with Gasteiger partial charge in [-0.15, -0.1) is 0 Å². The van der Waals surface area contributed by atoms with Gasteiger partial charge in [0.2, 0.25) is 5.75 Å². The fourth-order valence-electron chi connectivity index (χ4n) is 1.38. The number of unbranched alkanes of at least 4 members (excludes halogenated alkanes) is 1. The Kier molecular flexibility index (Phi) is 6.04. The minimum absolute atomic E-state index is 0.0488. The molecule has 1 N–H and O–H groups in total. The van der Waals surface area contributed by atoms with Crippen LogP contribution < -0.4 is 4.74 Å². The third kappa shape index (κ3) is 5.04. The average Bonchev–Trinajstić information content (AvgIpc) is 2.29. The first-order valence-corrected chi connectivity index (χ1v) is 6.57. The number of nitro benzene ring substituents is 1. The topological polar surface area (TPSA) is 89.7 Å². The Bertz CT molecular complexity index is 494. The Hall–Kier alpha value is -1.34. The molecule has 0 saturated carbocycles. The van der Waals surface area contributed by atoms with Gasteiger partial charge >= 0.3 is 11.7 Å². The van der Waals surface area contributed by atoms with Gasteiger partial charge in [-0.2, -0.15) is 0 Å². The second kappa shape index (κ2) is 7.30. The van der Waals surface area contributed by atoms with Gasteiger partial charge in [0.25, 0.3) is 0 Å². The van der Waals surface area contributed by atoms with Gasteiger partial charge in [0.05, 0.1) is 16.0 Å². The minimum Gasteiger partial charge on any atom is -0.486 e. The summed E-state index contributed by atoms with van der Waals surface area (Å²) in [7, 11) is 0. The summed E-state index contributed by atoms with van der Waals surface area (Å²) in [6.07, 6.45) is 1.00. The molecule has 1 aromatic rings. The summed E-state index contributed by atoms with van der Waals surface area (Å²) in [5.41, 5.74) is -0.224. The lowest BCUT2D eigenvalue weighted by atomic mass is 10.2. The van der Waals surface area contributed by atoms with E-state index in [9.17, 15) is 14.9 Å². The number of hydrogen-bond donors (Lipinski definition) is 1. The smallest absolute Gasteiger partial charge is 0.313 e. The Labute approximate surface area is 122 Å². The Morgan fingerprint density at radius 2 is 2.16 bits per heavy atom. The molecule has 0 spiro atoms. The summed E-state index contributed by atoms with van der Waals surface area (Å²) >= 11 is 8.88. The van der Waals surface area contributed by atoms with Crippen molar-refractivity contribution in [1.29, 1.82) is 0 Å². The van der Waals surface area contributed by atoms with Gasteiger partial charge in [0.15, 0.2) is 0 Å². The quantitative estimate of drug-likeness (QED) is 0.459. The summed E-state index contributed by atoms with van der Waals surface area (Å²) in [6.45, 7) is 0.203. The van der Waals surface area contributed by atoms with E-state index in [1.807, 2.05) is 0 Å². The monoisotopic (exact) mass is 351 g/mol. The zero-order chi connectivity index (χ0) is 14.4. The first-order valence-electron chi connectivity index (χ1n) is 5.40. The zero-order valence-electron chi connectivity index (χ0n) is 9.77. The molecule has 0 aliphatic rings. The minimum atomic E-state index is -0.876. The Balaban J connectivity index is 2.67. The van der Waals surface area contributed by atoms with Crippen LogP contribution in [0, 0.1) is 10.1 Å². The molecule has 0 saturated heterocycles. The second-order valence-corrected chi connectivity index (χ2v) is 4.98. The number of ether oxygens (including phenoxy) is 1. The normalized spacial score (nSPS) is 10.2. The van der Waals surface area contributed by atoms with Crippen molar-refractivity contribution < 1.29 is 19.6 Å². The van der Waals surface area contributed by atoms with E-state index in [4.69, 9.17) is 21.4 Å². The lowest BCUT2D eigenvalue weighted by Crippen LogP contribution is -2.03. The molecule has 0 aliphatic heterocycles. The molecule has 0 aliphatic carbocycles. The predicted molar refractivity (Wildman–Crippen MR) is 72.8 cm³/mol. The van der Waals surface area contributed by atoms with Crippen molar-refractivity contribution in [2.75, 3.05) is 6.61 Å². The molecule has 0 fully saturated rings. The number of carboxylic acids is 1. The molecular weight excluding hydrogens is 341 g/mol. The molecule has 0 aromatic heterocycles. The van der Waals surface area contributed by atoms with E-state index in [1.54, 1.807) is 0 Å². The molecule has 0 heterocycles. The summed E-state index contributed by atoms with van der Waals surface area (Å²) in [5.74, 6) is -0.775. The molecule has 1 rings (SSSR count). The molecule has 0 bridgehead atoms. The number of carboxylic acid groups (broad SMARTS) is 1. The fourth-order valence-corrected chi connectivity index (χ4v) is 2.29. The fraction of sp³-hybridized carbons (Fsp3) is 0.364. The highest BCUT2D eigenvalue weighted by molar-refractivity contribution is 9.10. The van der Waals surface area contributed by atoms with E-state index >= 15 is 0 Å². The number of carbonyl (C=O) groups is 1. The van der Waals surface area contributed by atoms with E-state index in [0.717, 1.165) is 0 Å². The van der Waals surface area contributed by atoms with Gasteiger partial charge in [0, 0.05) is 17.5 Å². The van der Waals surface area contributed by atoms with Crippen LogP contribution in [-0.4, -0.2) is 22.6 Å². The highest BCUT2D eigenvalue weighted by Crippen LogP contribution is 2.37. The van der Waals surface area contributed by atoms with Crippen LogP contribution in [0.15, 0.2) is 16.6 Å². The molecule has 104 valence electrons. The van der Waals surface area contributed by atoms with Gasteiger partial charge < -0.3 is 9.84 Å². The molecule has 6 nitrogen and oxygen atoms in total. The highest BCUT2D eigenvalue weighted by atomic mass is 79.9. The summed E-state index contributed by atoms with van der Waals surface area (Å²) in [5, 5.41) is 19.6. The first kappa shape index (κ1) is 15.7. The molecule has 1 aromatic carbocycles. The Morgan fingerprint density at radius 3 is 2.74 bits per heavy atom. The predicted octanol–water partition coefficient (Wildman–Crippen LogP) is 3.64. The number of aliphatic carboxylic acids is 1. The van der Waals surface area contributed by atoms with Crippen molar-refractivity contribution in [3.05, 3.63) is 31.7 Å². The van der Waals surface area contributed by atoms with E-state index in [-0.39, 0.29) is 29.5 Å². The van der Waals surface area contributed by atoms with Crippen LogP contribution in [-0.2, 0) is 4.79 Å². The number of halogens is 2. The lowest BCUT2D eigenvalue weighted by Gasteiger charge is -2.08. The van der Waals surface area contributed by atoms with E-state index < -0.39 is 10.9 Å². The van der Waals surface area contributed by atoms with Gasteiger partial charge in [-0.1, -0.05) is 11.6 Å². The first-order chi connectivity index (χ1) is 8.91. The number of hydrogen-bond acceptors (Lipinski definition) is 4. The van der Waals surface area contributed by atoms with Gasteiger partial charge in [-0.05, 0) is 34.8 Å². The van der Waals surface area contributed by atoms with Crippen LogP contribution in [0.25, 0.3) is 0 Å². The van der Waals surface area contributed by atoms with Crippen LogP contribution in [0.4, 0.5) is 5.69 Å². The van der Waals surface area contributed by atoms with Crippen LogP contribution >= 0.6 is 27.5 Å². The summed E-state index contributed by atoms with van der Waals surface area (Å²) in [4.78, 5) is 20.6. The molecule has 0 unspecified atom stereocenters. The summed E-state index contributed by atoms with van der Waals surface area (Å²) < 4.78 is 5.72. The van der Waals surface area contributed by atoms with Crippen LogP contribution in [0.1, 0.15) is 19.3 Å². The van der Waals surface area contributed by atoms with E-state index in [2.05, 4.69) is 15.9 Å². The largest absolute Gasteiger partial charge is 0.486 e. The van der Waals surface area contributed by atoms with Crippen LogP contribution in [0.2, 0.25) is 5.02 Å². The van der Waals surface area contributed by atoms with Gasteiger partial charge in [0.1, 0.15) is 0 Å². The molecule has 0 radical (unpaired) electrons. The van der Waals surface area contributed by atoms with Crippen LogP contribution in [0.3, 0.4) is 0 Å². The molecular formula is C11H11BrClNO5. The van der Waals surface area contributed by atoms with Crippen molar-refractivity contribution in [2.24, 2.45) is 0 Å². The average molecular weight is 353 g/mol. The molecule has 0 atom stereocenters. The van der Waals surface area contributed by atoms with Crippen LogP contribution in [0.5, 0.6) is 5.75 Å². The van der Waals surface area contributed by atoms with E-state index in [1.165, 1.54) is 12.1 Å². The van der Waals surface area contributed by atoms with Crippen molar-refractivity contribution >= 4 is 39.2 Å². The number of benzene rings is 1. The maximum absolute atomic E-state index is 10.9. The highest BCUT2D eigenvalue weighted by Gasteiger charge is 2.19. The summed E-state index contributed by atoms with van der Waals surface area (Å²) in [6, 6.07) is 2.71. The van der Waals surface area contributed by atoms with Crippen molar-refractivity contribution in [2.45, 2.75) is 19.3 Å². The maximum Gasteiger partial charge on any atom is 0.313 e. The van der Waals surface area contributed by atoms with E-state index in [0.29, 0.717) is 17.3 Å². The van der Waals surface area contributed by atoms with Crippen molar-refractivity contribution in [1.82, 2.24) is 0 Å². The number of rotatable bonds is 7. The maximum atomic E-state index is 10.9. The number of nitro groups is 1. The third-order valence-corrected chi connectivity index (χ3v) is 3.02. The SMILES string of the molecule is O=C(O)CCCCOc1c(Br)cc(Cl)cc1[N+](=O)[O-]. The molecule has 0 amide bonds.